The second-order valence-electron chi connectivity index (χ2n) is 2.05. The summed E-state index contributed by atoms with van der Waals surface area (Å²) in [6, 6.07) is 0. The lowest BCUT2D eigenvalue weighted by Gasteiger charge is -2.18. The zero-order chi connectivity index (χ0) is 6.69. The molecule has 4 nitrogen and oxygen atoms in total. The fraction of sp³-hybridized carbons (Fsp3) is 0.800. The first-order valence-corrected chi connectivity index (χ1v) is 2.87. The molecule has 1 heterocycles. The Morgan fingerprint density at radius 3 is 2.89 bits per heavy atom. The lowest BCUT2D eigenvalue weighted by Crippen LogP contribution is -2.43. The molecule has 1 unspecified atom stereocenters. The molecule has 1 fully saturated rings. The largest absolute Gasteiger partial charge is 0.481 e. The van der Waals surface area contributed by atoms with Crippen molar-refractivity contribution in [2.45, 2.75) is 0 Å². The molecular weight excluding hydrogens is 120 g/mol. The molecule has 0 aromatic heterocycles. The summed E-state index contributed by atoms with van der Waals surface area (Å²) < 4.78 is 0. The quantitative estimate of drug-likeness (QED) is 0.470. The summed E-state index contributed by atoms with van der Waals surface area (Å²) >= 11 is 0. The van der Waals surface area contributed by atoms with Crippen LogP contribution in [-0.4, -0.2) is 30.8 Å². The van der Waals surface area contributed by atoms with Crippen LogP contribution in [0, 0.1) is 5.92 Å². The Morgan fingerprint density at radius 2 is 2.56 bits per heavy atom. The van der Waals surface area contributed by atoms with Gasteiger partial charge in [0.1, 0.15) is 0 Å². The van der Waals surface area contributed by atoms with Crippen molar-refractivity contribution in [2.75, 3.05) is 19.8 Å². The highest BCUT2D eigenvalue weighted by Gasteiger charge is 2.19. The van der Waals surface area contributed by atoms with Gasteiger partial charge in [0.2, 0.25) is 0 Å². The lowest BCUT2D eigenvalue weighted by atomic mass is 10.1. The Labute approximate surface area is 53.2 Å². The molecule has 0 spiro atoms. The topological polar surface area (TPSA) is 63.4 Å². The van der Waals surface area contributed by atoms with E-state index in [2.05, 4.69) is 10.6 Å². The molecule has 0 aromatic rings. The summed E-state index contributed by atoms with van der Waals surface area (Å²) in [7, 11) is 0. The number of carboxylic acids is 1. The van der Waals surface area contributed by atoms with E-state index in [4.69, 9.17) is 5.11 Å². The first-order valence-electron chi connectivity index (χ1n) is 2.87. The molecular formula is C5H9N2O2. The molecule has 9 heavy (non-hydrogen) atoms. The van der Waals surface area contributed by atoms with Crippen LogP contribution in [0.1, 0.15) is 0 Å². The molecule has 1 saturated heterocycles. The third-order valence-corrected chi connectivity index (χ3v) is 1.31. The number of rotatable bonds is 1. The molecule has 1 radical (unpaired) electrons. The first kappa shape index (κ1) is 6.51. The van der Waals surface area contributed by atoms with E-state index in [9.17, 15) is 4.79 Å². The van der Waals surface area contributed by atoms with E-state index in [1.807, 2.05) is 0 Å². The summed E-state index contributed by atoms with van der Waals surface area (Å²) in [6.07, 6.45) is 0. The van der Waals surface area contributed by atoms with Gasteiger partial charge in [-0.3, -0.25) is 4.79 Å². The summed E-state index contributed by atoms with van der Waals surface area (Å²) in [4.78, 5) is 10.3. The number of carbonyl (C=O) groups is 1. The van der Waals surface area contributed by atoms with Crippen LogP contribution in [0.4, 0.5) is 0 Å². The van der Waals surface area contributed by atoms with E-state index < -0.39 is 5.97 Å². The maximum atomic E-state index is 10.3. The van der Waals surface area contributed by atoms with Crippen molar-refractivity contribution >= 4 is 5.97 Å². The normalized spacial score (nSPS) is 21.8. The van der Waals surface area contributed by atoms with Crippen molar-refractivity contribution < 1.29 is 9.90 Å². The van der Waals surface area contributed by atoms with Crippen LogP contribution < -0.4 is 10.6 Å². The molecule has 0 aliphatic carbocycles. The van der Waals surface area contributed by atoms with Crippen LogP contribution in [0.15, 0.2) is 0 Å². The Bertz CT molecular complexity index is 110. The van der Waals surface area contributed by atoms with Crippen molar-refractivity contribution in [1.29, 1.82) is 0 Å². The molecule has 2 N–H and O–H groups in total. The van der Waals surface area contributed by atoms with Crippen molar-refractivity contribution in [2.24, 2.45) is 5.92 Å². The zero-order valence-corrected chi connectivity index (χ0v) is 5.00. The first-order chi connectivity index (χ1) is 4.30. The molecule has 0 aromatic carbocycles. The smallest absolute Gasteiger partial charge is 0.309 e. The number of nitrogens with zero attached hydrogens (tertiary/aromatic N) is 1. The van der Waals surface area contributed by atoms with Crippen molar-refractivity contribution in [1.82, 2.24) is 10.6 Å². The number of carboxylic acid groups (broad SMARTS) is 1. The van der Waals surface area contributed by atoms with Crippen LogP contribution in [0.5, 0.6) is 0 Å². The predicted molar refractivity (Wildman–Crippen MR) is 31.0 cm³/mol. The number of aliphatic carboxylic acids is 1. The molecule has 51 valence electrons. The minimum absolute atomic E-state index is 0.307. The summed E-state index contributed by atoms with van der Waals surface area (Å²) in [5.74, 6) is -1.07. The van der Waals surface area contributed by atoms with Gasteiger partial charge < -0.3 is 10.4 Å². The maximum absolute atomic E-state index is 10.3. The van der Waals surface area contributed by atoms with E-state index in [1.54, 1.807) is 0 Å². The monoisotopic (exact) mass is 129 g/mol. The summed E-state index contributed by atoms with van der Waals surface area (Å²) in [5.41, 5.74) is 0. The summed E-state index contributed by atoms with van der Waals surface area (Å²) in [5, 5.41) is 15.2. The minimum Gasteiger partial charge on any atom is -0.481 e. The third kappa shape index (κ3) is 1.65. The van der Waals surface area contributed by atoms with E-state index in [1.165, 1.54) is 0 Å². The van der Waals surface area contributed by atoms with Gasteiger partial charge in [0, 0.05) is 13.1 Å². The Balaban J connectivity index is 2.31. The minimum atomic E-state index is -0.758. The van der Waals surface area contributed by atoms with Gasteiger partial charge in [0.05, 0.1) is 12.6 Å². The highest BCUT2D eigenvalue weighted by molar-refractivity contribution is 5.70. The Kier molecular flexibility index (Phi) is 2.02. The number of hydrogen-bond acceptors (Lipinski definition) is 2. The highest BCUT2D eigenvalue weighted by atomic mass is 16.4. The molecule has 0 amide bonds. The van der Waals surface area contributed by atoms with Crippen molar-refractivity contribution in [3.63, 3.8) is 0 Å². The fourth-order valence-electron chi connectivity index (χ4n) is 0.768. The molecule has 4 heteroatoms. The van der Waals surface area contributed by atoms with Crippen LogP contribution in [-0.2, 0) is 4.79 Å². The SMILES string of the molecule is O=C(O)C1C[N]CNC1. The Morgan fingerprint density at radius 1 is 1.78 bits per heavy atom. The van der Waals surface area contributed by atoms with Gasteiger partial charge in [0.25, 0.3) is 0 Å². The van der Waals surface area contributed by atoms with E-state index in [-0.39, 0.29) is 5.92 Å². The van der Waals surface area contributed by atoms with Gasteiger partial charge in [-0.05, 0) is 0 Å². The van der Waals surface area contributed by atoms with Crippen LogP contribution in [0.25, 0.3) is 0 Å². The van der Waals surface area contributed by atoms with Gasteiger partial charge >= 0.3 is 5.97 Å². The maximum Gasteiger partial charge on any atom is 0.309 e. The van der Waals surface area contributed by atoms with Gasteiger partial charge in [-0.2, -0.15) is 0 Å². The van der Waals surface area contributed by atoms with Gasteiger partial charge in [-0.1, -0.05) is 0 Å². The summed E-state index contributed by atoms with van der Waals surface area (Å²) in [6.45, 7) is 1.62. The molecule has 1 atom stereocenters. The predicted octanol–water partition coefficient (Wildman–Crippen LogP) is -1.15. The third-order valence-electron chi connectivity index (χ3n) is 1.31. The average molecular weight is 129 g/mol. The second-order valence-corrected chi connectivity index (χ2v) is 2.05. The van der Waals surface area contributed by atoms with Crippen molar-refractivity contribution in [3.05, 3.63) is 0 Å². The zero-order valence-electron chi connectivity index (χ0n) is 5.00. The van der Waals surface area contributed by atoms with E-state index in [0.29, 0.717) is 19.8 Å². The standard InChI is InChI=1S/C5H9N2O2/c8-5(9)4-1-6-3-7-2-4/h4,6H,1-3H2,(H,8,9). The molecule has 1 aliphatic heterocycles. The number of hydrogen-bond donors (Lipinski definition) is 2. The lowest BCUT2D eigenvalue weighted by molar-refractivity contribution is -0.141. The van der Waals surface area contributed by atoms with Crippen LogP contribution in [0.2, 0.25) is 0 Å². The van der Waals surface area contributed by atoms with Crippen LogP contribution in [0.3, 0.4) is 0 Å². The van der Waals surface area contributed by atoms with Crippen molar-refractivity contribution in [3.8, 4) is 0 Å². The van der Waals surface area contributed by atoms with Gasteiger partial charge in [0.15, 0.2) is 0 Å². The van der Waals surface area contributed by atoms with Gasteiger partial charge in [-0.25, -0.2) is 5.32 Å². The average Bonchev–Trinajstić information content (AvgIpc) is 1.90. The highest BCUT2D eigenvalue weighted by Crippen LogP contribution is 1.96. The molecule has 0 bridgehead atoms. The fourth-order valence-corrected chi connectivity index (χ4v) is 0.768. The molecule has 0 saturated carbocycles. The molecule has 1 rings (SSSR count). The van der Waals surface area contributed by atoms with Gasteiger partial charge in [-0.15, -0.1) is 0 Å². The van der Waals surface area contributed by atoms with E-state index >= 15 is 0 Å². The second kappa shape index (κ2) is 2.80. The number of nitrogens with one attached hydrogen (secondary N) is 1. The van der Waals surface area contributed by atoms with E-state index in [0.717, 1.165) is 0 Å². The Hall–Kier alpha value is -0.610. The van der Waals surface area contributed by atoms with Crippen LogP contribution >= 0.6 is 0 Å². The molecule has 1 aliphatic rings.